The number of benzene rings is 1. The summed E-state index contributed by atoms with van der Waals surface area (Å²) in [4.78, 5) is 0.307. The van der Waals surface area contributed by atoms with E-state index in [4.69, 9.17) is 4.74 Å². The molecule has 0 aliphatic heterocycles. The summed E-state index contributed by atoms with van der Waals surface area (Å²) in [6.45, 7) is 11.1. The van der Waals surface area contributed by atoms with Gasteiger partial charge in [-0.15, -0.1) is 0 Å². The molecule has 0 amide bonds. The lowest BCUT2D eigenvalue weighted by molar-refractivity contribution is 0.334. The highest BCUT2D eigenvalue weighted by Gasteiger charge is 2.18. The van der Waals surface area contributed by atoms with Crippen molar-refractivity contribution in [1.29, 1.82) is 0 Å². The van der Waals surface area contributed by atoms with Crippen molar-refractivity contribution < 1.29 is 13.2 Å². The molecule has 21 heavy (non-hydrogen) atoms. The lowest BCUT2D eigenvalue weighted by atomic mass is 9.98. The maximum absolute atomic E-state index is 12.3. The molecule has 0 saturated heterocycles. The highest BCUT2D eigenvalue weighted by Crippen LogP contribution is 2.31. The van der Waals surface area contributed by atoms with Crippen LogP contribution in [0, 0.1) is 5.92 Å². The van der Waals surface area contributed by atoms with Gasteiger partial charge in [-0.05, 0) is 48.9 Å². The van der Waals surface area contributed by atoms with Gasteiger partial charge in [-0.1, -0.05) is 27.7 Å². The second-order valence-corrected chi connectivity index (χ2v) is 7.45. The Hall–Kier alpha value is -1.07. The standard InChI is InChI=1S/C16H27NO3S/c1-6-13(5)15-10-14(8-9-16(15)20-7-2)21(18,19)17-11-12(3)4/h8-10,12-13,17H,6-7,11H2,1-5H3/t13-/m0/s1. The van der Waals surface area contributed by atoms with Crippen LogP contribution >= 0.6 is 0 Å². The maximum atomic E-state index is 12.3. The van der Waals surface area contributed by atoms with E-state index in [9.17, 15) is 8.42 Å². The zero-order valence-electron chi connectivity index (χ0n) is 13.6. The van der Waals surface area contributed by atoms with Gasteiger partial charge in [0, 0.05) is 6.54 Å². The molecule has 1 atom stereocenters. The second-order valence-electron chi connectivity index (χ2n) is 5.69. The van der Waals surface area contributed by atoms with Crippen molar-refractivity contribution in [3.63, 3.8) is 0 Å². The van der Waals surface area contributed by atoms with Crippen molar-refractivity contribution in [2.75, 3.05) is 13.2 Å². The Balaban J connectivity index is 3.15. The van der Waals surface area contributed by atoms with Gasteiger partial charge in [0.05, 0.1) is 11.5 Å². The minimum Gasteiger partial charge on any atom is -0.494 e. The molecule has 0 bridgehead atoms. The van der Waals surface area contributed by atoms with Gasteiger partial charge < -0.3 is 4.74 Å². The summed E-state index contributed by atoms with van der Waals surface area (Å²) in [7, 11) is -3.46. The van der Waals surface area contributed by atoms with Crippen LogP contribution in [0.15, 0.2) is 23.1 Å². The first-order chi connectivity index (χ1) is 9.81. The molecule has 0 aliphatic rings. The lowest BCUT2D eigenvalue weighted by Gasteiger charge is -2.17. The number of nitrogens with one attached hydrogen (secondary N) is 1. The van der Waals surface area contributed by atoms with E-state index in [0.717, 1.165) is 17.7 Å². The molecule has 0 spiro atoms. The largest absolute Gasteiger partial charge is 0.494 e. The fraction of sp³-hybridized carbons (Fsp3) is 0.625. The minimum absolute atomic E-state index is 0.256. The Morgan fingerprint density at radius 2 is 1.86 bits per heavy atom. The van der Waals surface area contributed by atoms with E-state index in [1.54, 1.807) is 18.2 Å². The zero-order chi connectivity index (χ0) is 16.0. The first kappa shape index (κ1) is 18.0. The van der Waals surface area contributed by atoms with Gasteiger partial charge >= 0.3 is 0 Å². The van der Waals surface area contributed by atoms with Gasteiger partial charge in [-0.2, -0.15) is 0 Å². The number of ether oxygens (including phenoxy) is 1. The van der Waals surface area contributed by atoms with Gasteiger partial charge in [0.1, 0.15) is 5.75 Å². The third-order valence-electron chi connectivity index (χ3n) is 3.42. The van der Waals surface area contributed by atoms with Crippen LogP contribution in [0.4, 0.5) is 0 Å². The molecule has 0 aromatic heterocycles. The number of hydrogen-bond acceptors (Lipinski definition) is 3. The maximum Gasteiger partial charge on any atom is 0.240 e. The molecule has 1 aromatic rings. The van der Waals surface area contributed by atoms with Gasteiger partial charge in [0.15, 0.2) is 0 Å². The summed E-state index contributed by atoms with van der Waals surface area (Å²) < 4.78 is 32.9. The topological polar surface area (TPSA) is 55.4 Å². The first-order valence-corrected chi connectivity index (χ1v) is 9.06. The molecule has 5 heteroatoms. The molecule has 1 N–H and O–H groups in total. The van der Waals surface area contributed by atoms with Crippen molar-refractivity contribution >= 4 is 10.0 Å². The molecule has 1 aromatic carbocycles. The van der Waals surface area contributed by atoms with Crippen LogP contribution in [0.2, 0.25) is 0 Å². The van der Waals surface area contributed by atoms with Crippen LogP contribution in [-0.2, 0) is 10.0 Å². The molecule has 4 nitrogen and oxygen atoms in total. The molecule has 0 aliphatic carbocycles. The van der Waals surface area contributed by atoms with Crippen LogP contribution in [-0.4, -0.2) is 21.6 Å². The van der Waals surface area contributed by atoms with Crippen molar-refractivity contribution in [2.24, 2.45) is 5.92 Å². The number of sulfonamides is 1. The Kier molecular flexibility index (Phi) is 6.68. The molecule has 0 unspecified atom stereocenters. The third-order valence-corrected chi connectivity index (χ3v) is 4.84. The van der Waals surface area contributed by atoms with Crippen LogP contribution < -0.4 is 9.46 Å². The summed E-state index contributed by atoms with van der Waals surface area (Å²) in [5.41, 5.74) is 0.951. The predicted octanol–water partition coefficient (Wildman–Crippen LogP) is 3.53. The predicted molar refractivity (Wildman–Crippen MR) is 86.3 cm³/mol. The average molecular weight is 313 g/mol. The van der Waals surface area contributed by atoms with E-state index < -0.39 is 10.0 Å². The van der Waals surface area contributed by atoms with Crippen molar-refractivity contribution in [3.05, 3.63) is 23.8 Å². The van der Waals surface area contributed by atoms with E-state index >= 15 is 0 Å². The second kappa shape index (κ2) is 7.80. The quantitative estimate of drug-likeness (QED) is 0.798. The van der Waals surface area contributed by atoms with Gasteiger partial charge in [0.2, 0.25) is 10.0 Å². The molecule has 1 rings (SSSR count). The van der Waals surface area contributed by atoms with Crippen LogP contribution in [0.3, 0.4) is 0 Å². The van der Waals surface area contributed by atoms with Gasteiger partial charge in [-0.3, -0.25) is 0 Å². The summed E-state index contributed by atoms with van der Waals surface area (Å²) >= 11 is 0. The Bertz CT molecular complexity index is 553. The first-order valence-electron chi connectivity index (χ1n) is 7.58. The summed E-state index contributed by atoms with van der Waals surface area (Å²) in [6.07, 6.45) is 0.934. The lowest BCUT2D eigenvalue weighted by Crippen LogP contribution is -2.27. The van der Waals surface area contributed by atoms with E-state index in [1.807, 2.05) is 20.8 Å². The summed E-state index contributed by atoms with van der Waals surface area (Å²) in [5, 5.41) is 0. The van der Waals surface area contributed by atoms with Crippen molar-refractivity contribution in [1.82, 2.24) is 4.72 Å². The molecule has 0 radical (unpaired) electrons. The molecule has 0 fully saturated rings. The highest BCUT2D eigenvalue weighted by atomic mass is 32.2. The van der Waals surface area contributed by atoms with E-state index in [2.05, 4.69) is 18.6 Å². The molecule has 0 heterocycles. The van der Waals surface area contributed by atoms with E-state index in [1.165, 1.54) is 0 Å². The number of rotatable bonds is 8. The summed E-state index contributed by atoms with van der Waals surface area (Å²) in [6, 6.07) is 5.11. The van der Waals surface area contributed by atoms with Crippen molar-refractivity contribution in [3.8, 4) is 5.75 Å². The fourth-order valence-electron chi connectivity index (χ4n) is 1.95. The van der Waals surface area contributed by atoms with E-state index in [-0.39, 0.29) is 11.8 Å². The molecular formula is C16H27NO3S. The van der Waals surface area contributed by atoms with Gasteiger partial charge in [-0.25, -0.2) is 13.1 Å². The van der Waals surface area contributed by atoms with Crippen molar-refractivity contribution in [2.45, 2.75) is 51.9 Å². The monoisotopic (exact) mass is 313 g/mol. The SMILES string of the molecule is CCOc1ccc(S(=O)(=O)NCC(C)C)cc1[C@@H](C)CC. The minimum atomic E-state index is -3.46. The van der Waals surface area contributed by atoms with Gasteiger partial charge in [0.25, 0.3) is 0 Å². The Labute approximate surface area is 129 Å². The average Bonchev–Trinajstić information content (AvgIpc) is 2.45. The van der Waals surface area contributed by atoms with Crippen LogP contribution in [0.5, 0.6) is 5.75 Å². The Morgan fingerprint density at radius 1 is 1.19 bits per heavy atom. The normalized spacial score (nSPS) is 13.4. The van der Waals surface area contributed by atoms with Crippen LogP contribution in [0.1, 0.15) is 52.5 Å². The smallest absolute Gasteiger partial charge is 0.240 e. The molecular weight excluding hydrogens is 286 g/mol. The fourth-order valence-corrected chi connectivity index (χ4v) is 3.19. The Morgan fingerprint density at radius 3 is 2.38 bits per heavy atom. The van der Waals surface area contributed by atoms with Crippen LogP contribution in [0.25, 0.3) is 0 Å². The summed E-state index contributed by atoms with van der Waals surface area (Å²) in [5.74, 6) is 1.30. The number of hydrogen-bond donors (Lipinski definition) is 1. The molecule has 0 saturated carbocycles. The zero-order valence-corrected chi connectivity index (χ0v) is 14.5. The van der Waals surface area contributed by atoms with E-state index in [0.29, 0.717) is 18.0 Å². The third kappa shape index (κ3) is 5.00. The highest BCUT2D eigenvalue weighted by molar-refractivity contribution is 7.89. The molecule has 120 valence electrons.